The molecule has 2 N–H and O–H groups in total. The van der Waals surface area contributed by atoms with E-state index >= 15 is 0 Å². The Morgan fingerprint density at radius 2 is 1.89 bits per heavy atom. The van der Waals surface area contributed by atoms with E-state index in [9.17, 15) is 4.79 Å². The maximum absolute atomic E-state index is 12.4. The monoisotopic (exact) mass is 282 g/mol. The number of nitrogens with one attached hydrogen (secondary N) is 2. The summed E-state index contributed by atoms with van der Waals surface area (Å²) in [4.78, 5) is 12.4. The summed E-state index contributed by atoms with van der Waals surface area (Å²) in [5.74, 6) is 0.0561. The summed E-state index contributed by atoms with van der Waals surface area (Å²) in [6, 6.07) is 5.89. The Balaban J connectivity index is 0.00000180. The third-order valence-electron chi connectivity index (χ3n) is 3.97. The summed E-state index contributed by atoms with van der Waals surface area (Å²) in [6.07, 6.45) is 1.98. The van der Waals surface area contributed by atoms with Gasteiger partial charge in [-0.1, -0.05) is 12.1 Å². The summed E-state index contributed by atoms with van der Waals surface area (Å²) in [6.45, 7) is 8.14. The van der Waals surface area contributed by atoms with Crippen molar-refractivity contribution in [2.24, 2.45) is 0 Å². The first-order valence-corrected chi connectivity index (χ1v) is 6.61. The zero-order valence-electron chi connectivity index (χ0n) is 11.9. The first-order chi connectivity index (χ1) is 8.52. The molecular weight excluding hydrogens is 260 g/mol. The van der Waals surface area contributed by atoms with Gasteiger partial charge >= 0.3 is 0 Å². The van der Waals surface area contributed by atoms with Crippen molar-refractivity contribution in [2.45, 2.75) is 39.2 Å². The SMILES string of the molecule is Cc1cccc(C(=O)NC2(C)CCNCC2)c1C.Cl. The van der Waals surface area contributed by atoms with Crippen molar-refractivity contribution >= 4 is 18.3 Å². The van der Waals surface area contributed by atoms with Gasteiger partial charge in [-0.2, -0.15) is 0 Å². The topological polar surface area (TPSA) is 41.1 Å². The third kappa shape index (κ3) is 3.71. The van der Waals surface area contributed by atoms with Crippen molar-refractivity contribution in [2.75, 3.05) is 13.1 Å². The number of aryl methyl sites for hydroxylation is 1. The molecule has 0 bridgehead atoms. The second kappa shape index (κ2) is 6.40. The molecule has 3 nitrogen and oxygen atoms in total. The molecule has 0 aromatic heterocycles. The zero-order chi connectivity index (χ0) is 13.2. The van der Waals surface area contributed by atoms with Crippen molar-refractivity contribution < 1.29 is 4.79 Å². The van der Waals surface area contributed by atoms with Crippen LogP contribution in [0.25, 0.3) is 0 Å². The molecule has 0 unspecified atom stereocenters. The van der Waals surface area contributed by atoms with Crippen LogP contribution in [0, 0.1) is 13.8 Å². The number of carbonyl (C=O) groups excluding carboxylic acids is 1. The first kappa shape index (κ1) is 16.0. The van der Waals surface area contributed by atoms with E-state index in [0.717, 1.165) is 42.6 Å². The van der Waals surface area contributed by atoms with Crippen molar-refractivity contribution in [3.05, 3.63) is 34.9 Å². The fourth-order valence-electron chi connectivity index (χ4n) is 2.44. The van der Waals surface area contributed by atoms with E-state index in [1.165, 1.54) is 0 Å². The van der Waals surface area contributed by atoms with Gasteiger partial charge in [-0.15, -0.1) is 12.4 Å². The average Bonchev–Trinajstić information content (AvgIpc) is 2.33. The lowest BCUT2D eigenvalue weighted by atomic mass is 9.90. The molecule has 0 spiro atoms. The highest BCUT2D eigenvalue weighted by molar-refractivity contribution is 5.96. The van der Waals surface area contributed by atoms with Gasteiger partial charge < -0.3 is 10.6 Å². The van der Waals surface area contributed by atoms with Gasteiger partial charge in [-0.3, -0.25) is 4.79 Å². The van der Waals surface area contributed by atoms with Crippen LogP contribution in [-0.2, 0) is 0 Å². The molecule has 1 saturated heterocycles. The molecule has 1 aromatic carbocycles. The molecule has 1 heterocycles. The van der Waals surface area contributed by atoms with Crippen LogP contribution >= 0.6 is 12.4 Å². The van der Waals surface area contributed by atoms with Gasteiger partial charge in [0.25, 0.3) is 5.91 Å². The molecule has 19 heavy (non-hydrogen) atoms. The van der Waals surface area contributed by atoms with Gasteiger partial charge in [0, 0.05) is 11.1 Å². The third-order valence-corrected chi connectivity index (χ3v) is 3.97. The number of hydrogen-bond acceptors (Lipinski definition) is 2. The van der Waals surface area contributed by atoms with Gasteiger partial charge in [-0.25, -0.2) is 0 Å². The summed E-state index contributed by atoms with van der Waals surface area (Å²) >= 11 is 0. The highest BCUT2D eigenvalue weighted by atomic mass is 35.5. The minimum Gasteiger partial charge on any atom is -0.347 e. The summed E-state index contributed by atoms with van der Waals surface area (Å²) in [5, 5.41) is 6.52. The number of carbonyl (C=O) groups is 1. The van der Waals surface area contributed by atoms with Crippen molar-refractivity contribution in [1.29, 1.82) is 0 Å². The van der Waals surface area contributed by atoms with E-state index in [0.29, 0.717) is 0 Å². The summed E-state index contributed by atoms with van der Waals surface area (Å²) in [7, 11) is 0. The molecule has 1 amide bonds. The first-order valence-electron chi connectivity index (χ1n) is 6.61. The van der Waals surface area contributed by atoms with E-state index in [4.69, 9.17) is 0 Å². The molecule has 0 saturated carbocycles. The van der Waals surface area contributed by atoms with Crippen molar-refractivity contribution in [3.63, 3.8) is 0 Å². The number of piperidine rings is 1. The van der Waals surface area contributed by atoms with Crippen LogP contribution in [-0.4, -0.2) is 24.5 Å². The minimum atomic E-state index is -0.0709. The highest BCUT2D eigenvalue weighted by Gasteiger charge is 2.28. The predicted molar refractivity (Wildman–Crippen MR) is 81.1 cm³/mol. The van der Waals surface area contributed by atoms with Crippen molar-refractivity contribution in [3.8, 4) is 0 Å². The number of hydrogen-bond donors (Lipinski definition) is 2. The van der Waals surface area contributed by atoms with Crippen LogP contribution in [0.5, 0.6) is 0 Å². The Morgan fingerprint density at radius 3 is 2.53 bits per heavy atom. The number of benzene rings is 1. The van der Waals surface area contributed by atoms with E-state index in [2.05, 4.69) is 17.6 Å². The maximum atomic E-state index is 12.4. The Bertz CT molecular complexity index is 453. The molecule has 4 heteroatoms. The Morgan fingerprint density at radius 1 is 1.26 bits per heavy atom. The van der Waals surface area contributed by atoms with Gasteiger partial charge in [0.15, 0.2) is 0 Å². The lowest BCUT2D eigenvalue weighted by Crippen LogP contribution is -2.52. The molecule has 2 rings (SSSR count). The highest BCUT2D eigenvalue weighted by Crippen LogP contribution is 2.19. The zero-order valence-corrected chi connectivity index (χ0v) is 12.7. The van der Waals surface area contributed by atoms with Crippen molar-refractivity contribution in [1.82, 2.24) is 10.6 Å². The van der Waals surface area contributed by atoms with Crippen LogP contribution < -0.4 is 10.6 Å². The number of rotatable bonds is 2. The Labute approximate surface area is 121 Å². The molecule has 106 valence electrons. The molecule has 0 aliphatic carbocycles. The largest absolute Gasteiger partial charge is 0.347 e. The molecule has 1 aromatic rings. The van der Waals surface area contributed by atoms with Crippen LogP contribution in [0.3, 0.4) is 0 Å². The lowest BCUT2D eigenvalue weighted by Gasteiger charge is -2.35. The van der Waals surface area contributed by atoms with Crippen LogP contribution in [0.15, 0.2) is 18.2 Å². The smallest absolute Gasteiger partial charge is 0.251 e. The summed E-state index contributed by atoms with van der Waals surface area (Å²) < 4.78 is 0. The second-order valence-corrected chi connectivity index (χ2v) is 5.51. The van der Waals surface area contributed by atoms with Gasteiger partial charge in [0.2, 0.25) is 0 Å². The normalized spacial score (nSPS) is 17.4. The second-order valence-electron chi connectivity index (χ2n) is 5.51. The van der Waals surface area contributed by atoms with Crippen LogP contribution in [0.1, 0.15) is 41.3 Å². The molecule has 0 radical (unpaired) electrons. The Kier molecular flexibility index (Phi) is 5.39. The number of amides is 1. The quantitative estimate of drug-likeness (QED) is 0.875. The molecule has 1 aliphatic heterocycles. The average molecular weight is 283 g/mol. The van der Waals surface area contributed by atoms with E-state index in [1.54, 1.807) is 0 Å². The van der Waals surface area contributed by atoms with Crippen LogP contribution in [0.4, 0.5) is 0 Å². The summed E-state index contributed by atoms with van der Waals surface area (Å²) in [5.41, 5.74) is 2.97. The standard InChI is InChI=1S/C15H22N2O.ClH/c1-11-5-4-6-13(12(11)2)14(18)17-15(3)7-9-16-10-8-15;/h4-6,16H,7-10H2,1-3H3,(H,17,18);1H. The molecule has 0 atom stereocenters. The van der Waals surface area contributed by atoms with E-state index in [1.807, 2.05) is 32.0 Å². The fraction of sp³-hybridized carbons (Fsp3) is 0.533. The lowest BCUT2D eigenvalue weighted by molar-refractivity contribution is 0.0887. The number of halogens is 1. The van der Waals surface area contributed by atoms with Gasteiger partial charge in [0.1, 0.15) is 0 Å². The molecule has 1 fully saturated rings. The maximum Gasteiger partial charge on any atom is 0.251 e. The van der Waals surface area contributed by atoms with Crippen LogP contribution in [0.2, 0.25) is 0 Å². The van der Waals surface area contributed by atoms with E-state index < -0.39 is 0 Å². The van der Waals surface area contributed by atoms with E-state index in [-0.39, 0.29) is 23.9 Å². The fourth-order valence-corrected chi connectivity index (χ4v) is 2.44. The Hall–Kier alpha value is -1.06. The molecule has 1 aliphatic rings. The predicted octanol–water partition coefficient (Wildman–Crippen LogP) is 2.60. The van der Waals surface area contributed by atoms with Gasteiger partial charge in [-0.05, 0) is 63.9 Å². The van der Waals surface area contributed by atoms with Gasteiger partial charge in [0.05, 0.1) is 0 Å². The molecular formula is C15H23ClN2O. The minimum absolute atomic E-state index is 0.